The fraction of sp³-hybridized carbons (Fsp3) is 0.406. The van der Waals surface area contributed by atoms with Gasteiger partial charge in [-0.1, -0.05) is 30.3 Å². The number of para-hydroxylation sites is 2. The van der Waals surface area contributed by atoms with Crippen molar-refractivity contribution in [2.45, 2.75) is 49.9 Å². The van der Waals surface area contributed by atoms with Crippen molar-refractivity contribution in [3.63, 3.8) is 0 Å². The molecule has 10 nitrogen and oxygen atoms in total. The predicted octanol–water partition coefficient (Wildman–Crippen LogP) is 3.25. The summed E-state index contributed by atoms with van der Waals surface area (Å²) in [7, 11) is 0. The van der Waals surface area contributed by atoms with Gasteiger partial charge in [0.2, 0.25) is 12.2 Å². The first kappa shape index (κ1) is 28.0. The van der Waals surface area contributed by atoms with E-state index in [0.29, 0.717) is 75.0 Å². The van der Waals surface area contributed by atoms with Crippen LogP contribution < -0.4 is 15.6 Å². The number of rotatable bonds is 8. The highest BCUT2D eigenvalue weighted by atomic mass is 16.7. The third-order valence-electron chi connectivity index (χ3n) is 8.51. The predicted molar refractivity (Wildman–Crippen MR) is 156 cm³/mol. The molecular weight excluding hydrogens is 538 g/mol. The van der Waals surface area contributed by atoms with Crippen LogP contribution in [0.2, 0.25) is 0 Å². The lowest BCUT2D eigenvalue weighted by Crippen LogP contribution is -2.57. The fourth-order valence-corrected chi connectivity index (χ4v) is 6.17. The van der Waals surface area contributed by atoms with Gasteiger partial charge in [0.25, 0.3) is 5.91 Å². The maximum absolute atomic E-state index is 13.8. The molecule has 2 amide bonds. The van der Waals surface area contributed by atoms with Gasteiger partial charge in [-0.3, -0.25) is 14.4 Å². The van der Waals surface area contributed by atoms with Gasteiger partial charge in [-0.25, -0.2) is 0 Å². The van der Waals surface area contributed by atoms with E-state index < -0.39 is 17.7 Å². The zero-order chi connectivity index (χ0) is 29.1. The largest absolute Gasteiger partial charge is 0.464 e. The number of aliphatic hydroxyl groups is 1. The third-order valence-corrected chi connectivity index (χ3v) is 8.51. The number of nitrogens with one attached hydrogen (secondary N) is 1. The Morgan fingerprint density at radius 3 is 2.60 bits per heavy atom. The summed E-state index contributed by atoms with van der Waals surface area (Å²) in [5.74, 6) is -0.649. The number of aliphatic hydroxyl groups excluding tert-OH is 1. The lowest BCUT2D eigenvalue weighted by Gasteiger charge is -2.43. The maximum atomic E-state index is 13.8. The highest BCUT2D eigenvalue weighted by molar-refractivity contribution is 5.95. The molecule has 42 heavy (non-hydrogen) atoms. The number of hydrogen-bond acceptors (Lipinski definition) is 8. The molecule has 2 fully saturated rings. The Kier molecular flexibility index (Phi) is 7.99. The van der Waals surface area contributed by atoms with Crippen LogP contribution >= 0.6 is 0 Å². The Labute approximate surface area is 243 Å². The molecule has 220 valence electrons. The Morgan fingerprint density at radius 1 is 1.05 bits per heavy atom. The van der Waals surface area contributed by atoms with Gasteiger partial charge in [-0.2, -0.15) is 0 Å². The number of likely N-dealkylation sites (tertiary alicyclic amines) is 1. The van der Waals surface area contributed by atoms with Crippen LogP contribution in [0.1, 0.15) is 43.6 Å². The van der Waals surface area contributed by atoms with E-state index in [9.17, 15) is 14.4 Å². The van der Waals surface area contributed by atoms with Gasteiger partial charge < -0.3 is 34.1 Å². The molecule has 4 heterocycles. The summed E-state index contributed by atoms with van der Waals surface area (Å²) in [6.45, 7) is 1.59. The van der Waals surface area contributed by atoms with Crippen LogP contribution in [0.15, 0.2) is 81.9 Å². The Hall–Kier alpha value is -4.15. The van der Waals surface area contributed by atoms with Crippen molar-refractivity contribution >= 4 is 28.5 Å². The topological polar surface area (TPSA) is 122 Å². The van der Waals surface area contributed by atoms with E-state index in [-0.39, 0.29) is 29.6 Å². The van der Waals surface area contributed by atoms with E-state index in [4.69, 9.17) is 19.0 Å². The molecule has 1 spiro atoms. The second-order valence-electron chi connectivity index (χ2n) is 11.0. The smallest absolute Gasteiger partial charge is 0.288 e. The van der Waals surface area contributed by atoms with Crippen LogP contribution in [0.3, 0.4) is 0 Å². The van der Waals surface area contributed by atoms with Crippen molar-refractivity contribution in [3.8, 4) is 0 Å². The van der Waals surface area contributed by atoms with Gasteiger partial charge in [-0.15, -0.1) is 0 Å². The molecule has 3 aliphatic heterocycles. The molecule has 2 N–H and O–H groups in total. The number of carbonyl (C=O) groups is 2. The van der Waals surface area contributed by atoms with E-state index in [1.54, 1.807) is 29.2 Å². The number of hydrogen-bond donors (Lipinski definition) is 2. The number of nitrogens with zero attached hydrogens (tertiary/aromatic N) is 2. The number of ether oxygens (including phenoxy) is 2. The zero-order valence-electron chi connectivity index (χ0n) is 23.4. The summed E-state index contributed by atoms with van der Waals surface area (Å²) in [6.07, 6.45) is 4.94. The normalized spacial score (nSPS) is 21.7. The molecule has 0 radical (unpaired) electrons. The summed E-state index contributed by atoms with van der Waals surface area (Å²) in [4.78, 5) is 44.1. The van der Waals surface area contributed by atoms with Gasteiger partial charge in [0.1, 0.15) is 11.1 Å². The van der Waals surface area contributed by atoms with Gasteiger partial charge in [0.05, 0.1) is 24.9 Å². The van der Waals surface area contributed by atoms with Crippen molar-refractivity contribution in [2.75, 3.05) is 37.9 Å². The molecule has 0 bridgehead atoms. The Balaban J connectivity index is 1.23. The van der Waals surface area contributed by atoms with E-state index in [2.05, 4.69) is 10.2 Å². The molecule has 2 aromatic carbocycles. The van der Waals surface area contributed by atoms with E-state index in [1.807, 2.05) is 36.4 Å². The molecule has 2 saturated heterocycles. The summed E-state index contributed by atoms with van der Waals surface area (Å²) >= 11 is 0. The molecule has 6 rings (SSSR count). The van der Waals surface area contributed by atoms with Gasteiger partial charge in [0.15, 0.2) is 11.2 Å². The molecule has 1 aromatic heterocycles. The minimum Gasteiger partial charge on any atom is -0.464 e. The van der Waals surface area contributed by atoms with Crippen molar-refractivity contribution in [3.05, 3.63) is 88.5 Å². The number of benzene rings is 2. The number of carbonyl (C=O) groups excluding carboxylic acids is 2. The first-order valence-electron chi connectivity index (χ1n) is 14.5. The molecule has 2 atom stereocenters. The standard InChI is InChI=1S/C32H35N3O7/c36-16-6-7-17-40-28-19-22(25-20-41-26-11-5-4-10-24(26)29(25)37)18-27(42-28)30(38)34-14-12-32(13-15-34)31(39)33-21-35(32)23-8-2-1-3-9-23/h1-5,8-11,18,20,22,28,36H,6-7,12-17,19,21H2,(H,33,39)/t22-,28+/m0/s1. The second-order valence-corrected chi connectivity index (χ2v) is 11.0. The number of anilines is 1. The summed E-state index contributed by atoms with van der Waals surface area (Å²) in [5, 5.41) is 12.6. The van der Waals surface area contributed by atoms with Crippen LogP contribution in [-0.4, -0.2) is 66.6 Å². The first-order chi connectivity index (χ1) is 20.5. The second kappa shape index (κ2) is 12.0. The van der Waals surface area contributed by atoms with Crippen LogP contribution in [0.5, 0.6) is 0 Å². The number of fused-ring (bicyclic) bond motifs is 1. The highest BCUT2D eigenvalue weighted by Crippen LogP contribution is 2.37. The number of allylic oxidation sites excluding steroid dienone is 1. The summed E-state index contributed by atoms with van der Waals surface area (Å²) in [5.41, 5.74) is 1.03. The molecule has 0 unspecified atom stereocenters. The quantitative estimate of drug-likeness (QED) is 0.394. The van der Waals surface area contributed by atoms with Crippen LogP contribution in [-0.2, 0) is 19.1 Å². The first-order valence-corrected chi connectivity index (χ1v) is 14.5. The summed E-state index contributed by atoms with van der Waals surface area (Å²) in [6, 6.07) is 16.9. The van der Waals surface area contributed by atoms with E-state index in [1.165, 1.54) is 6.26 Å². The minimum absolute atomic E-state index is 0.0222. The number of piperidine rings is 1. The van der Waals surface area contributed by atoms with Gasteiger partial charge >= 0.3 is 0 Å². The third kappa shape index (κ3) is 5.28. The Bertz CT molecular complexity index is 1530. The Morgan fingerprint density at radius 2 is 1.81 bits per heavy atom. The molecular formula is C32H35N3O7. The fourth-order valence-electron chi connectivity index (χ4n) is 6.17. The molecule has 0 aliphatic carbocycles. The average Bonchev–Trinajstić information content (AvgIpc) is 3.34. The lowest BCUT2D eigenvalue weighted by molar-refractivity contribution is -0.154. The van der Waals surface area contributed by atoms with Crippen molar-refractivity contribution < 1.29 is 28.6 Å². The van der Waals surface area contributed by atoms with Gasteiger partial charge in [-0.05, 0) is 56.0 Å². The van der Waals surface area contributed by atoms with Gasteiger partial charge in [0, 0.05) is 43.3 Å². The molecule has 3 aliphatic rings. The van der Waals surface area contributed by atoms with E-state index in [0.717, 1.165) is 5.69 Å². The molecule has 0 saturated carbocycles. The van der Waals surface area contributed by atoms with Crippen molar-refractivity contribution in [1.82, 2.24) is 10.2 Å². The maximum Gasteiger partial charge on any atom is 0.288 e. The SMILES string of the molecule is O=C(C1=C[C@H](c2coc3ccccc3c2=O)C[C@H](OCCCCO)O1)N1CCC2(CC1)C(=O)NCN2c1ccccc1. The average molecular weight is 574 g/mol. The van der Waals surface area contributed by atoms with Crippen LogP contribution in [0, 0.1) is 0 Å². The van der Waals surface area contributed by atoms with Crippen LogP contribution in [0.4, 0.5) is 5.69 Å². The van der Waals surface area contributed by atoms with E-state index >= 15 is 0 Å². The zero-order valence-corrected chi connectivity index (χ0v) is 23.4. The molecule has 10 heteroatoms. The van der Waals surface area contributed by atoms with Crippen molar-refractivity contribution in [1.29, 1.82) is 0 Å². The monoisotopic (exact) mass is 573 g/mol. The van der Waals surface area contributed by atoms with Crippen molar-refractivity contribution in [2.24, 2.45) is 0 Å². The lowest BCUT2D eigenvalue weighted by atomic mass is 9.85. The molecule has 3 aromatic rings. The number of unbranched alkanes of at least 4 members (excludes halogenated alkanes) is 1. The van der Waals surface area contributed by atoms with Crippen LogP contribution in [0.25, 0.3) is 11.0 Å². The minimum atomic E-state index is -0.742. The number of amides is 2. The highest BCUT2D eigenvalue weighted by Gasteiger charge is 2.51. The summed E-state index contributed by atoms with van der Waals surface area (Å²) < 4.78 is 17.8.